The molecule has 0 unspecified atom stereocenters. The van der Waals surface area contributed by atoms with Crippen molar-refractivity contribution in [2.24, 2.45) is 0 Å². The Balaban J connectivity index is 1.42. The van der Waals surface area contributed by atoms with Gasteiger partial charge in [0.2, 0.25) is 5.88 Å². The van der Waals surface area contributed by atoms with Crippen LogP contribution >= 0.6 is 0 Å². The van der Waals surface area contributed by atoms with Crippen LogP contribution in [0.15, 0.2) is 36.7 Å². The van der Waals surface area contributed by atoms with Crippen LogP contribution in [0.5, 0.6) is 5.88 Å². The second-order valence-corrected chi connectivity index (χ2v) is 6.69. The molecule has 1 aliphatic heterocycles. The number of pyridine rings is 2. The molecule has 0 radical (unpaired) electrons. The first kappa shape index (κ1) is 19.9. The van der Waals surface area contributed by atoms with E-state index in [0.29, 0.717) is 19.0 Å². The summed E-state index contributed by atoms with van der Waals surface area (Å²) in [6, 6.07) is 7.45. The smallest absolute Gasteiger partial charge is 0.315 e. The van der Waals surface area contributed by atoms with Crippen LogP contribution in [-0.2, 0) is 13.1 Å². The summed E-state index contributed by atoms with van der Waals surface area (Å²) in [4.78, 5) is 25.4. The second kappa shape index (κ2) is 9.89. The lowest BCUT2D eigenvalue weighted by Crippen LogP contribution is -2.46. The van der Waals surface area contributed by atoms with E-state index in [1.807, 2.05) is 24.4 Å². The Morgan fingerprint density at radius 3 is 2.46 bits per heavy atom. The molecule has 3 heterocycles. The van der Waals surface area contributed by atoms with E-state index in [-0.39, 0.29) is 6.03 Å². The number of hydrogen-bond acceptors (Lipinski definition) is 6. The molecule has 0 bridgehead atoms. The highest BCUT2D eigenvalue weighted by Crippen LogP contribution is 2.14. The molecule has 8 nitrogen and oxygen atoms in total. The maximum absolute atomic E-state index is 12.0. The summed E-state index contributed by atoms with van der Waals surface area (Å²) in [7, 11) is 1.57. The van der Waals surface area contributed by atoms with Gasteiger partial charge in [-0.2, -0.15) is 0 Å². The Morgan fingerprint density at radius 2 is 1.82 bits per heavy atom. The lowest BCUT2D eigenvalue weighted by Gasteiger charge is -2.34. The van der Waals surface area contributed by atoms with Crippen molar-refractivity contribution in [1.29, 1.82) is 0 Å². The van der Waals surface area contributed by atoms with Gasteiger partial charge >= 0.3 is 6.03 Å². The van der Waals surface area contributed by atoms with Gasteiger partial charge in [0, 0.05) is 57.7 Å². The van der Waals surface area contributed by atoms with Crippen LogP contribution in [0.25, 0.3) is 0 Å². The zero-order valence-corrected chi connectivity index (χ0v) is 16.5. The third-order valence-corrected chi connectivity index (χ3v) is 4.87. The van der Waals surface area contributed by atoms with Gasteiger partial charge in [0.15, 0.2) is 0 Å². The average Bonchev–Trinajstić information content (AvgIpc) is 2.77. The van der Waals surface area contributed by atoms with Gasteiger partial charge in [-0.15, -0.1) is 0 Å². The van der Waals surface area contributed by atoms with Gasteiger partial charge in [-0.1, -0.05) is 13.0 Å². The molecular formula is C20H28N6O2. The molecule has 0 atom stereocenters. The summed E-state index contributed by atoms with van der Waals surface area (Å²) in [6.45, 7) is 8.29. The lowest BCUT2D eigenvalue weighted by molar-refractivity contribution is 0.240. The van der Waals surface area contributed by atoms with Crippen LogP contribution in [0.3, 0.4) is 0 Å². The summed E-state index contributed by atoms with van der Waals surface area (Å²) in [5, 5.41) is 5.68. The number of carbonyl (C=O) groups is 1. The summed E-state index contributed by atoms with van der Waals surface area (Å²) >= 11 is 0. The molecule has 1 fully saturated rings. The minimum Gasteiger partial charge on any atom is -0.481 e. The van der Waals surface area contributed by atoms with Gasteiger partial charge in [-0.3, -0.25) is 0 Å². The monoisotopic (exact) mass is 384 g/mol. The van der Waals surface area contributed by atoms with E-state index in [4.69, 9.17) is 4.74 Å². The number of ether oxygens (including phenoxy) is 1. The fourth-order valence-electron chi connectivity index (χ4n) is 3.10. The molecule has 2 aromatic heterocycles. The Bertz CT molecular complexity index is 760. The molecule has 2 aromatic rings. The van der Waals surface area contributed by atoms with Crippen LogP contribution < -0.4 is 20.3 Å². The van der Waals surface area contributed by atoms with Crippen LogP contribution in [-0.4, -0.2) is 60.7 Å². The van der Waals surface area contributed by atoms with E-state index in [1.165, 1.54) is 0 Å². The van der Waals surface area contributed by atoms with Crippen molar-refractivity contribution in [3.05, 3.63) is 47.8 Å². The Kier molecular flexibility index (Phi) is 7.02. The van der Waals surface area contributed by atoms with E-state index in [0.717, 1.165) is 49.7 Å². The zero-order chi connectivity index (χ0) is 19.8. The molecule has 2 N–H and O–H groups in total. The average molecular weight is 384 g/mol. The number of rotatable bonds is 7. The first-order valence-electron chi connectivity index (χ1n) is 9.60. The van der Waals surface area contributed by atoms with Gasteiger partial charge in [0.05, 0.1) is 7.11 Å². The molecule has 0 spiro atoms. The number of piperazine rings is 1. The normalized spacial score (nSPS) is 14.6. The molecule has 0 aliphatic carbocycles. The quantitative estimate of drug-likeness (QED) is 0.755. The van der Waals surface area contributed by atoms with Gasteiger partial charge in [-0.05, 0) is 29.8 Å². The fraction of sp³-hybridized carbons (Fsp3) is 0.450. The van der Waals surface area contributed by atoms with Crippen molar-refractivity contribution in [2.45, 2.75) is 20.0 Å². The number of aromatic nitrogens is 2. The van der Waals surface area contributed by atoms with Crippen molar-refractivity contribution in [3.63, 3.8) is 0 Å². The zero-order valence-electron chi connectivity index (χ0n) is 16.5. The summed E-state index contributed by atoms with van der Waals surface area (Å²) in [5.41, 5.74) is 1.90. The highest BCUT2D eigenvalue weighted by molar-refractivity contribution is 5.73. The summed E-state index contributed by atoms with van der Waals surface area (Å²) < 4.78 is 5.08. The van der Waals surface area contributed by atoms with Crippen molar-refractivity contribution in [2.75, 3.05) is 44.7 Å². The molecular weight excluding hydrogens is 356 g/mol. The van der Waals surface area contributed by atoms with E-state index >= 15 is 0 Å². The predicted octanol–water partition coefficient (Wildman–Crippen LogP) is 1.63. The van der Waals surface area contributed by atoms with Gasteiger partial charge < -0.3 is 25.2 Å². The molecule has 1 aliphatic rings. The van der Waals surface area contributed by atoms with Crippen molar-refractivity contribution in [3.8, 4) is 5.88 Å². The van der Waals surface area contributed by atoms with Crippen molar-refractivity contribution >= 4 is 11.8 Å². The Labute approximate surface area is 165 Å². The van der Waals surface area contributed by atoms with E-state index < -0.39 is 0 Å². The first-order chi connectivity index (χ1) is 13.7. The minimum atomic E-state index is -0.226. The summed E-state index contributed by atoms with van der Waals surface area (Å²) in [5.74, 6) is 1.53. The van der Waals surface area contributed by atoms with E-state index in [1.54, 1.807) is 19.4 Å². The Hall–Kier alpha value is -2.87. The largest absolute Gasteiger partial charge is 0.481 e. The maximum atomic E-state index is 12.0. The second-order valence-electron chi connectivity index (χ2n) is 6.69. The Morgan fingerprint density at radius 1 is 1.07 bits per heavy atom. The molecule has 8 heteroatoms. The van der Waals surface area contributed by atoms with Crippen LogP contribution in [0.4, 0.5) is 10.6 Å². The number of urea groups is 1. The van der Waals surface area contributed by atoms with Gasteiger partial charge in [0.25, 0.3) is 0 Å². The number of hydrogen-bond donors (Lipinski definition) is 2. The predicted molar refractivity (Wildman–Crippen MR) is 108 cm³/mol. The number of nitrogens with zero attached hydrogens (tertiary/aromatic N) is 4. The maximum Gasteiger partial charge on any atom is 0.315 e. The SMILES string of the molecule is CCN1CCN(c2ccc(CNC(=O)NCc3ccnc(OC)c3)cn2)CC1. The van der Waals surface area contributed by atoms with E-state index in [2.05, 4.69) is 37.3 Å². The number of anilines is 1. The topological polar surface area (TPSA) is 82.6 Å². The van der Waals surface area contributed by atoms with Crippen LogP contribution in [0.2, 0.25) is 0 Å². The molecule has 0 saturated carbocycles. The minimum absolute atomic E-state index is 0.226. The first-order valence-corrected chi connectivity index (χ1v) is 9.60. The number of carbonyl (C=O) groups excluding carboxylic acids is 1. The molecule has 2 amide bonds. The molecule has 150 valence electrons. The van der Waals surface area contributed by atoms with Crippen LogP contribution in [0.1, 0.15) is 18.1 Å². The molecule has 28 heavy (non-hydrogen) atoms. The van der Waals surface area contributed by atoms with Crippen molar-refractivity contribution < 1.29 is 9.53 Å². The lowest BCUT2D eigenvalue weighted by atomic mass is 10.2. The van der Waals surface area contributed by atoms with Crippen molar-refractivity contribution in [1.82, 2.24) is 25.5 Å². The van der Waals surface area contributed by atoms with E-state index in [9.17, 15) is 4.79 Å². The summed E-state index contributed by atoms with van der Waals surface area (Å²) in [6.07, 6.45) is 3.48. The third kappa shape index (κ3) is 5.56. The number of methoxy groups -OCH3 is 1. The van der Waals surface area contributed by atoms with Crippen LogP contribution in [0, 0.1) is 0 Å². The molecule has 1 saturated heterocycles. The number of likely N-dealkylation sites (N-methyl/N-ethyl adjacent to an activating group) is 1. The highest BCUT2D eigenvalue weighted by Gasteiger charge is 2.16. The molecule has 0 aromatic carbocycles. The van der Waals surface area contributed by atoms with Gasteiger partial charge in [0.1, 0.15) is 5.82 Å². The standard InChI is InChI=1S/C20H28N6O2/c1-3-25-8-10-26(11-9-25)18-5-4-17(14-22-18)15-24-20(27)23-13-16-6-7-21-19(12-16)28-2/h4-7,12,14H,3,8-11,13,15H2,1-2H3,(H2,23,24,27). The number of nitrogens with one attached hydrogen (secondary N) is 2. The fourth-order valence-corrected chi connectivity index (χ4v) is 3.10. The molecule has 3 rings (SSSR count). The highest BCUT2D eigenvalue weighted by atomic mass is 16.5. The number of amides is 2. The third-order valence-electron chi connectivity index (χ3n) is 4.87. The van der Waals surface area contributed by atoms with Gasteiger partial charge in [-0.25, -0.2) is 14.8 Å².